The zero-order valence-electron chi connectivity index (χ0n) is 14.5. The predicted molar refractivity (Wildman–Crippen MR) is 102 cm³/mol. The van der Waals surface area contributed by atoms with Crippen LogP contribution in [0.4, 0.5) is 4.39 Å². The van der Waals surface area contributed by atoms with Gasteiger partial charge in [-0.25, -0.2) is 4.39 Å². The van der Waals surface area contributed by atoms with E-state index < -0.39 is 0 Å². The molecule has 0 radical (unpaired) electrons. The van der Waals surface area contributed by atoms with E-state index in [4.69, 9.17) is 16.3 Å². The Labute approximate surface area is 161 Å². The third kappa shape index (κ3) is 4.56. The summed E-state index contributed by atoms with van der Waals surface area (Å²) >= 11 is 7.57. The fraction of sp³-hybridized carbons (Fsp3) is 0.263. The third-order valence-corrected chi connectivity index (χ3v) is 5.09. The van der Waals surface area contributed by atoms with Crippen molar-refractivity contribution in [2.75, 3.05) is 0 Å². The van der Waals surface area contributed by atoms with Gasteiger partial charge < -0.3 is 9.30 Å². The van der Waals surface area contributed by atoms with Crippen LogP contribution in [0.2, 0.25) is 5.02 Å². The van der Waals surface area contributed by atoms with Crippen molar-refractivity contribution >= 4 is 23.4 Å². The Morgan fingerprint density at radius 2 is 1.96 bits per heavy atom. The van der Waals surface area contributed by atoms with Crippen molar-refractivity contribution < 1.29 is 9.13 Å². The number of hydrogen-bond acceptors (Lipinski definition) is 4. The second-order valence-electron chi connectivity index (χ2n) is 5.72. The molecule has 1 aromatic heterocycles. The molecule has 0 amide bonds. The number of benzene rings is 2. The Balaban J connectivity index is 1.71. The number of aromatic nitrogens is 3. The van der Waals surface area contributed by atoms with Crippen LogP contribution in [0.25, 0.3) is 0 Å². The van der Waals surface area contributed by atoms with Gasteiger partial charge in [0.1, 0.15) is 11.6 Å². The van der Waals surface area contributed by atoms with Crippen molar-refractivity contribution in [1.82, 2.24) is 14.8 Å². The van der Waals surface area contributed by atoms with Crippen molar-refractivity contribution in [2.45, 2.75) is 37.4 Å². The van der Waals surface area contributed by atoms with E-state index in [1.54, 1.807) is 36.0 Å². The summed E-state index contributed by atoms with van der Waals surface area (Å²) in [5.41, 5.74) is 1.03. The van der Waals surface area contributed by atoms with Gasteiger partial charge in [0.05, 0.1) is 0 Å². The van der Waals surface area contributed by atoms with Crippen LogP contribution in [0.1, 0.15) is 31.3 Å². The topological polar surface area (TPSA) is 39.9 Å². The van der Waals surface area contributed by atoms with E-state index in [2.05, 4.69) is 10.2 Å². The van der Waals surface area contributed by atoms with Crippen LogP contribution in [-0.2, 0) is 12.3 Å². The molecule has 0 saturated carbocycles. The smallest absolute Gasteiger partial charge is 0.191 e. The first kappa shape index (κ1) is 18.7. The van der Waals surface area contributed by atoms with Crippen molar-refractivity contribution in [3.05, 3.63) is 70.8 Å². The van der Waals surface area contributed by atoms with Crippen LogP contribution in [0.15, 0.2) is 53.7 Å². The number of thioether (sulfide) groups is 1. The first-order valence-corrected chi connectivity index (χ1v) is 9.65. The van der Waals surface area contributed by atoms with E-state index in [0.717, 1.165) is 23.1 Å². The highest BCUT2D eigenvalue weighted by Gasteiger charge is 2.19. The number of ether oxygens (including phenoxy) is 1. The summed E-state index contributed by atoms with van der Waals surface area (Å²) in [6, 6.07) is 13.8. The minimum Gasteiger partial charge on any atom is -0.483 e. The third-order valence-electron chi connectivity index (χ3n) is 3.82. The molecular formula is C19H19ClFN3OS. The zero-order valence-corrected chi connectivity index (χ0v) is 16.1. The Morgan fingerprint density at radius 1 is 1.19 bits per heavy atom. The van der Waals surface area contributed by atoms with Crippen LogP contribution in [0.5, 0.6) is 5.75 Å². The molecule has 0 bridgehead atoms. The lowest BCUT2D eigenvalue weighted by Gasteiger charge is -2.15. The van der Waals surface area contributed by atoms with Gasteiger partial charge in [0.2, 0.25) is 0 Å². The molecule has 0 saturated heterocycles. The maximum Gasteiger partial charge on any atom is 0.191 e. The molecule has 136 valence electrons. The highest BCUT2D eigenvalue weighted by atomic mass is 35.5. The van der Waals surface area contributed by atoms with Gasteiger partial charge in [-0.05, 0) is 49.7 Å². The van der Waals surface area contributed by atoms with E-state index in [-0.39, 0.29) is 11.9 Å². The number of hydrogen-bond donors (Lipinski definition) is 0. The molecule has 0 spiro atoms. The molecule has 2 aromatic carbocycles. The van der Waals surface area contributed by atoms with Gasteiger partial charge in [0.25, 0.3) is 0 Å². The van der Waals surface area contributed by atoms with E-state index in [1.165, 1.54) is 12.1 Å². The fourth-order valence-corrected chi connectivity index (χ4v) is 3.68. The maximum atomic E-state index is 13.0. The van der Waals surface area contributed by atoms with Gasteiger partial charge in [0.15, 0.2) is 17.1 Å². The zero-order chi connectivity index (χ0) is 18.5. The van der Waals surface area contributed by atoms with Crippen molar-refractivity contribution in [3.8, 4) is 5.75 Å². The minimum absolute atomic E-state index is 0.232. The molecule has 1 unspecified atom stereocenters. The molecule has 3 aromatic rings. The first-order valence-electron chi connectivity index (χ1n) is 8.29. The largest absolute Gasteiger partial charge is 0.483 e. The van der Waals surface area contributed by atoms with Crippen molar-refractivity contribution in [1.29, 1.82) is 0 Å². The molecule has 0 aliphatic heterocycles. The molecule has 0 fully saturated rings. The molecule has 1 atom stereocenters. The van der Waals surface area contributed by atoms with E-state index in [0.29, 0.717) is 16.5 Å². The first-order chi connectivity index (χ1) is 12.6. The summed E-state index contributed by atoms with van der Waals surface area (Å²) in [6.45, 7) is 4.71. The van der Waals surface area contributed by atoms with Crippen LogP contribution in [-0.4, -0.2) is 14.8 Å². The summed E-state index contributed by atoms with van der Waals surface area (Å²) in [5, 5.41) is 10.0. The predicted octanol–water partition coefficient (Wildman–Crippen LogP) is 5.52. The average Bonchev–Trinajstić information content (AvgIpc) is 3.04. The SMILES string of the molecule is CCn1c(SCc2ccc(F)cc2)nnc1C(C)Oc1cccc(Cl)c1. The van der Waals surface area contributed by atoms with E-state index in [9.17, 15) is 4.39 Å². The van der Waals surface area contributed by atoms with Crippen molar-refractivity contribution in [2.24, 2.45) is 0 Å². The van der Waals surface area contributed by atoms with Crippen molar-refractivity contribution in [3.63, 3.8) is 0 Å². The molecule has 0 aliphatic carbocycles. The minimum atomic E-state index is -0.263. The fourth-order valence-electron chi connectivity index (χ4n) is 2.53. The molecule has 3 rings (SSSR count). The number of nitrogens with zero attached hydrogens (tertiary/aromatic N) is 3. The van der Waals surface area contributed by atoms with Gasteiger partial charge >= 0.3 is 0 Å². The Bertz CT molecular complexity index is 869. The quantitative estimate of drug-likeness (QED) is 0.497. The number of rotatable bonds is 7. The van der Waals surface area contributed by atoms with Crippen LogP contribution in [0, 0.1) is 5.82 Å². The summed E-state index contributed by atoms with van der Waals surface area (Å²) in [6.07, 6.45) is -0.263. The second kappa shape index (κ2) is 8.56. The van der Waals surface area contributed by atoms with Gasteiger partial charge in [-0.2, -0.15) is 0 Å². The molecule has 1 heterocycles. The molecular weight excluding hydrogens is 373 g/mol. The highest BCUT2D eigenvalue weighted by Crippen LogP contribution is 2.27. The molecule has 0 aliphatic rings. The van der Waals surface area contributed by atoms with Gasteiger partial charge in [0, 0.05) is 17.3 Å². The lowest BCUT2D eigenvalue weighted by atomic mass is 10.2. The van der Waals surface area contributed by atoms with Gasteiger partial charge in [-0.1, -0.05) is 41.6 Å². The van der Waals surface area contributed by atoms with Crippen LogP contribution < -0.4 is 4.74 Å². The highest BCUT2D eigenvalue weighted by molar-refractivity contribution is 7.98. The molecule has 26 heavy (non-hydrogen) atoms. The second-order valence-corrected chi connectivity index (χ2v) is 7.10. The monoisotopic (exact) mass is 391 g/mol. The Kier molecular flexibility index (Phi) is 6.16. The summed E-state index contributed by atoms with van der Waals surface area (Å²) in [7, 11) is 0. The summed E-state index contributed by atoms with van der Waals surface area (Å²) in [4.78, 5) is 0. The van der Waals surface area contributed by atoms with E-state index >= 15 is 0 Å². The average molecular weight is 392 g/mol. The Hall–Kier alpha value is -2.05. The Morgan fingerprint density at radius 3 is 2.65 bits per heavy atom. The lowest BCUT2D eigenvalue weighted by Crippen LogP contribution is -2.12. The van der Waals surface area contributed by atoms with Gasteiger partial charge in [-0.15, -0.1) is 10.2 Å². The summed E-state index contributed by atoms with van der Waals surface area (Å²) < 4.78 is 21.0. The maximum absolute atomic E-state index is 13.0. The van der Waals surface area contributed by atoms with Crippen LogP contribution >= 0.6 is 23.4 Å². The molecule has 0 N–H and O–H groups in total. The molecule has 4 nitrogen and oxygen atoms in total. The van der Waals surface area contributed by atoms with Crippen LogP contribution in [0.3, 0.4) is 0 Å². The normalized spacial score (nSPS) is 12.2. The van der Waals surface area contributed by atoms with Gasteiger partial charge in [-0.3, -0.25) is 0 Å². The number of halogens is 2. The molecule has 7 heteroatoms. The lowest BCUT2D eigenvalue weighted by molar-refractivity contribution is 0.210. The summed E-state index contributed by atoms with van der Waals surface area (Å²) in [5.74, 6) is 1.91. The standard InChI is InChI=1S/C19H19ClFN3OS/c1-3-24-18(13(2)25-17-6-4-5-15(20)11-17)22-23-19(24)26-12-14-7-9-16(21)10-8-14/h4-11,13H,3,12H2,1-2H3. The van der Waals surface area contributed by atoms with E-state index in [1.807, 2.05) is 30.5 Å².